The van der Waals surface area contributed by atoms with Gasteiger partial charge in [0, 0.05) is 49.6 Å². The Bertz CT molecular complexity index is 1690. The second-order valence-corrected chi connectivity index (χ2v) is 18.4. The van der Waals surface area contributed by atoms with Gasteiger partial charge in [-0.15, -0.1) is 5.10 Å². The van der Waals surface area contributed by atoms with Gasteiger partial charge in [-0.05, 0) is 92.3 Å². The smallest absolute Gasteiger partial charge is 0.311 e. The third kappa shape index (κ3) is 12.8. The number of amides is 1. The Kier molecular flexibility index (Phi) is 18.2. The summed E-state index contributed by atoms with van der Waals surface area (Å²) >= 11 is 0. The predicted molar refractivity (Wildman–Crippen MR) is 227 cm³/mol. The van der Waals surface area contributed by atoms with Crippen LogP contribution in [0.2, 0.25) is 0 Å². The van der Waals surface area contributed by atoms with Crippen molar-refractivity contribution in [3.05, 3.63) is 36.0 Å². The molecule has 2 fully saturated rings. The standard InChI is InChI=1S/C44H74N6O11/c1-11-35-44(8,57)39(54)30(6)48(9)23-26(2)22-43(7,56)40(28(4)37(52)29(5)41(55)60-35)61-42-38(53)34(21-27(3)59-42)49(10)24-31-17-14-15-18-32(31)33-25-50(47-45-33)20-16-12-13-19-36(51)46-58/h14-15,17-18,25-30,34-35,37-40,42,52-54,56-58H,11-13,16,19-24H2,1-10H3,(H,46,51)/t26-,27-,28+,29-,30-,34+,35-,37+,38-,39-,40-,42+,43-,44-/m1/s1. The molecule has 0 aliphatic carbocycles. The number of benzene rings is 1. The van der Waals surface area contributed by atoms with Crippen LogP contribution >= 0.6 is 0 Å². The van der Waals surface area contributed by atoms with Gasteiger partial charge in [0.2, 0.25) is 5.91 Å². The van der Waals surface area contributed by atoms with Crippen LogP contribution < -0.4 is 5.48 Å². The molecule has 3 heterocycles. The average molecular weight is 863 g/mol. The minimum atomic E-state index is -1.79. The molecule has 1 aromatic carbocycles. The van der Waals surface area contributed by atoms with Gasteiger partial charge in [0.15, 0.2) is 6.29 Å². The van der Waals surface area contributed by atoms with Crippen LogP contribution in [-0.4, -0.2) is 154 Å². The number of aryl methyl sites for hydroxylation is 1. The Hall–Kier alpha value is -3.10. The molecule has 17 nitrogen and oxygen atoms in total. The van der Waals surface area contributed by atoms with Crippen LogP contribution in [0.1, 0.15) is 106 Å². The zero-order valence-corrected chi connectivity index (χ0v) is 37.8. The summed E-state index contributed by atoms with van der Waals surface area (Å²) in [6.45, 7) is 15.2. The lowest BCUT2D eigenvalue weighted by Crippen LogP contribution is -2.59. The second-order valence-electron chi connectivity index (χ2n) is 18.4. The van der Waals surface area contributed by atoms with Gasteiger partial charge in [-0.1, -0.05) is 56.7 Å². The summed E-state index contributed by atoms with van der Waals surface area (Å²) in [5, 5.41) is 76.5. The Balaban J connectivity index is 1.55. The van der Waals surface area contributed by atoms with Crippen molar-refractivity contribution in [2.75, 3.05) is 20.6 Å². The molecule has 17 heteroatoms. The van der Waals surface area contributed by atoms with E-state index in [1.54, 1.807) is 37.9 Å². The molecule has 2 aliphatic rings. The van der Waals surface area contributed by atoms with E-state index >= 15 is 0 Å². The molecule has 0 saturated carbocycles. The van der Waals surface area contributed by atoms with Gasteiger partial charge in [0.25, 0.3) is 0 Å². The summed E-state index contributed by atoms with van der Waals surface area (Å²) in [6.07, 6.45) is -2.30. The first-order valence-electron chi connectivity index (χ1n) is 21.9. The number of aliphatic hydroxyl groups is 5. The third-order valence-corrected chi connectivity index (χ3v) is 13.0. The van der Waals surface area contributed by atoms with Crippen LogP contribution in [0.3, 0.4) is 0 Å². The van der Waals surface area contributed by atoms with Crippen molar-refractivity contribution >= 4 is 11.9 Å². The van der Waals surface area contributed by atoms with Crippen LogP contribution in [0.25, 0.3) is 11.3 Å². The quantitative estimate of drug-likeness (QED) is 0.0665. The molecule has 0 spiro atoms. The normalized spacial score (nSPS) is 36.2. The number of aromatic nitrogens is 3. The summed E-state index contributed by atoms with van der Waals surface area (Å²) in [5.74, 6) is -3.31. The van der Waals surface area contributed by atoms with E-state index in [-0.39, 0.29) is 31.3 Å². The van der Waals surface area contributed by atoms with Crippen molar-refractivity contribution in [1.29, 1.82) is 0 Å². The summed E-state index contributed by atoms with van der Waals surface area (Å²) in [7, 11) is 3.74. The molecule has 0 bridgehead atoms. The van der Waals surface area contributed by atoms with E-state index in [1.807, 2.05) is 68.2 Å². The van der Waals surface area contributed by atoms with Crippen molar-refractivity contribution in [2.24, 2.45) is 17.8 Å². The first-order chi connectivity index (χ1) is 28.6. The number of nitrogens with zero attached hydrogens (tertiary/aromatic N) is 5. The maximum atomic E-state index is 13.6. The largest absolute Gasteiger partial charge is 0.459 e. The SMILES string of the molecule is CC[C@H]1OC(=O)[C@H](C)[C@@H](O)[C@H](C)[C@@H](O[C@@H]2O[C@H](C)C[C@H](N(C)Cc3ccccc3-c3cn(CCCCCC(=O)NO)nn3)[C@H]2O)[C@](C)(O)C[C@@H](C)CN(C)[C@H](C)[C@@H](O)[C@]1(C)O. The number of nitrogens with one attached hydrogen (secondary N) is 1. The number of carbonyl (C=O) groups excluding carboxylic acids is 2. The van der Waals surface area contributed by atoms with Crippen LogP contribution in [0, 0.1) is 17.8 Å². The Labute approximate surface area is 361 Å². The first kappa shape index (κ1) is 50.5. The fraction of sp³-hybridized carbons (Fsp3) is 0.773. The fourth-order valence-electron chi connectivity index (χ4n) is 9.28. The van der Waals surface area contributed by atoms with Crippen molar-refractivity contribution in [3.8, 4) is 11.3 Å². The van der Waals surface area contributed by atoms with E-state index in [0.717, 1.165) is 24.0 Å². The lowest BCUT2D eigenvalue weighted by molar-refractivity contribution is -0.300. The molecular weight excluding hydrogens is 789 g/mol. The van der Waals surface area contributed by atoms with E-state index in [4.69, 9.17) is 19.4 Å². The zero-order chi connectivity index (χ0) is 45.4. The highest BCUT2D eigenvalue weighted by molar-refractivity contribution is 5.74. The molecule has 4 rings (SSSR count). The Morgan fingerprint density at radius 2 is 1.74 bits per heavy atom. The number of rotatable bonds is 13. The number of unbranched alkanes of at least 4 members (excludes halogenated alkanes) is 2. The minimum Gasteiger partial charge on any atom is -0.459 e. The molecule has 0 unspecified atom stereocenters. The molecule has 346 valence electrons. The topological polar surface area (TPSA) is 232 Å². The molecular formula is C44H74N6O11. The lowest BCUT2D eigenvalue weighted by atomic mass is 9.78. The molecule has 61 heavy (non-hydrogen) atoms. The van der Waals surface area contributed by atoms with Gasteiger partial charge in [-0.25, -0.2) is 5.48 Å². The molecule has 1 aromatic heterocycles. The van der Waals surface area contributed by atoms with Gasteiger partial charge in [-0.3, -0.25) is 24.4 Å². The number of carbonyl (C=O) groups is 2. The highest BCUT2D eigenvalue weighted by atomic mass is 16.7. The van der Waals surface area contributed by atoms with E-state index in [2.05, 4.69) is 10.3 Å². The van der Waals surface area contributed by atoms with Crippen molar-refractivity contribution in [1.82, 2.24) is 30.3 Å². The minimum absolute atomic E-state index is 0.166. The number of esters is 1. The van der Waals surface area contributed by atoms with Gasteiger partial charge in [0.1, 0.15) is 29.6 Å². The van der Waals surface area contributed by atoms with Gasteiger partial charge in [0.05, 0.1) is 36.0 Å². The number of ether oxygens (including phenoxy) is 3. The number of hydroxylamine groups is 1. The monoisotopic (exact) mass is 863 g/mol. The van der Waals surface area contributed by atoms with Crippen LogP contribution in [0.4, 0.5) is 0 Å². The summed E-state index contributed by atoms with van der Waals surface area (Å²) in [6, 6.07) is 6.88. The first-order valence-corrected chi connectivity index (χ1v) is 21.9. The van der Waals surface area contributed by atoms with Crippen LogP contribution in [-0.2, 0) is 36.9 Å². The highest BCUT2D eigenvalue weighted by Gasteiger charge is 2.50. The number of hydrogen-bond donors (Lipinski definition) is 7. The second kappa shape index (κ2) is 22.0. The number of hydrogen-bond acceptors (Lipinski definition) is 15. The highest BCUT2D eigenvalue weighted by Crippen LogP contribution is 2.37. The summed E-state index contributed by atoms with van der Waals surface area (Å²) in [4.78, 5) is 28.9. The third-order valence-electron chi connectivity index (χ3n) is 13.0. The molecule has 1 amide bonds. The van der Waals surface area contributed by atoms with E-state index < -0.39 is 83.8 Å². The van der Waals surface area contributed by atoms with Crippen molar-refractivity contribution < 1.29 is 54.5 Å². The van der Waals surface area contributed by atoms with Crippen LogP contribution in [0.5, 0.6) is 0 Å². The summed E-state index contributed by atoms with van der Waals surface area (Å²) in [5.41, 5.74) is 0.815. The Morgan fingerprint density at radius 1 is 1.05 bits per heavy atom. The van der Waals surface area contributed by atoms with E-state index in [0.29, 0.717) is 38.2 Å². The van der Waals surface area contributed by atoms with Gasteiger partial charge in [-0.2, -0.15) is 0 Å². The predicted octanol–water partition coefficient (Wildman–Crippen LogP) is 2.87. The fourth-order valence-corrected chi connectivity index (χ4v) is 9.28. The van der Waals surface area contributed by atoms with Gasteiger partial charge >= 0.3 is 5.97 Å². The van der Waals surface area contributed by atoms with E-state index in [1.165, 1.54) is 13.8 Å². The molecule has 2 aliphatic heterocycles. The van der Waals surface area contributed by atoms with Crippen LogP contribution in [0.15, 0.2) is 30.5 Å². The maximum Gasteiger partial charge on any atom is 0.311 e. The van der Waals surface area contributed by atoms with Crippen molar-refractivity contribution in [3.63, 3.8) is 0 Å². The lowest BCUT2D eigenvalue weighted by Gasteiger charge is -2.47. The molecule has 7 N–H and O–H groups in total. The molecule has 14 atom stereocenters. The van der Waals surface area contributed by atoms with Gasteiger partial charge < -0.3 is 44.6 Å². The van der Waals surface area contributed by atoms with E-state index in [9.17, 15) is 35.1 Å². The molecule has 2 saturated heterocycles. The molecule has 2 aromatic rings. The van der Waals surface area contributed by atoms with Crippen molar-refractivity contribution in [2.45, 2.75) is 180 Å². The number of aliphatic hydroxyl groups excluding tert-OH is 3. The number of likely N-dealkylation sites (N-methyl/N-ethyl adjacent to an activating group) is 2. The average Bonchev–Trinajstić information content (AvgIpc) is 3.69. The Morgan fingerprint density at radius 3 is 2.41 bits per heavy atom. The zero-order valence-electron chi connectivity index (χ0n) is 37.8. The molecule has 0 radical (unpaired) electrons. The summed E-state index contributed by atoms with van der Waals surface area (Å²) < 4.78 is 20.5. The number of cyclic esters (lactones) is 1. The maximum absolute atomic E-state index is 13.6.